The van der Waals surface area contributed by atoms with E-state index in [0.717, 1.165) is 16.5 Å². The lowest BCUT2D eigenvalue weighted by Gasteiger charge is -2.19. The second kappa shape index (κ2) is 7.11. The van der Waals surface area contributed by atoms with E-state index < -0.39 is 0 Å². The second-order valence-electron chi connectivity index (χ2n) is 6.11. The van der Waals surface area contributed by atoms with Crippen LogP contribution in [0.25, 0.3) is 22.0 Å². The molecule has 28 heavy (non-hydrogen) atoms. The molecule has 0 saturated heterocycles. The topological polar surface area (TPSA) is 89.2 Å². The zero-order valence-corrected chi connectivity index (χ0v) is 15.7. The van der Waals surface area contributed by atoms with Crippen molar-refractivity contribution in [3.8, 4) is 28.4 Å². The molecule has 0 aliphatic rings. The first-order chi connectivity index (χ1) is 13.7. The van der Waals surface area contributed by atoms with Gasteiger partial charge in [0.25, 0.3) is 0 Å². The van der Waals surface area contributed by atoms with E-state index >= 15 is 0 Å². The molecule has 7 heteroatoms. The number of nitrogens with one attached hydrogen (secondary N) is 2. The fourth-order valence-corrected chi connectivity index (χ4v) is 3.41. The third-order valence-electron chi connectivity index (χ3n) is 4.68. The van der Waals surface area contributed by atoms with Gasteiger partial charge >= 0.3 is 0 Å². The van der Waals surface area contributed by atoms with E-state index in [2.05, 4.69) is 15.0 Å². The lowest BCUT2D eigenvalue weighted by atomic mass is 9.93. The Labute approximate surface area is 161 Å². The van der Waals surface area contributed by atoms with Crippen molar-refractivity contribution >= 4 is 16.7 Å². The van der Waals surface area contributed by atoms with Crippen LogP contribution in [-0.4, -0.2) is 42.1 Å². The average Bonchev–Trinajstić information content (AvgIpc) is 3.41. The molecule has 0 atom stereocenters. The maximum atomic E-state index is 13.3. The Bertz CT molecular complexity index is 1150. The molecule has 0 bridgehead atoms. The van der Waals surface area contributed by atoms with E-state index in [-0.39, 0.29) is 5.78 Å². The average molecular weight is 377 g/mol. The molecule has 7 nitrogen and oxygen atoms in total. The zero-order chi connectivity index (χ0) is 19.7. The van der Waals surface area contributed by atoms with Crippen LogP contribution in [0.3, 0.4) is 0 Å². The maximum absolute atomic E-state index is 13.3. The van der Waals surface area contributed by atoms with Crippen LogP contribution in [0.2, 0.25) is 0 Å². The van der Waals surface area contributed by atoms with E-state index in [1.807, 2.05) is 30.5 Å². The standard InChI is InChI=1S/C21H19N3O4/c1-26-17-8-13(19(25)16-10-22-11-24-16)18(21(28-3)20(17)27-2)14-9-23-15-7-5-4-6-12(14)15/h4-11,23H,1-3H3,(H,22,24). The lowest BCUT2D eigenvalue weighted by molar-refractivity contribution is 0.103. The van der Waals surface area contributed by atoms with Crippen molar-refractivity contribution < 1.29 is 19.0 Å². The quantitative estimate of drug-likeness (QED) is 0.499. The van der Waals surface area contributed by atoms with E-state index in [9.17, 15) is 4.79 Å². The van der Waals surface area contributed by atoms with E-state index in [4.69, 9.17) is 14.2 Å². The van der Waals surface area contributed by atoms with E-state index in [0.29, 0.717) is 34.1 Å². The number of hydrogen-bond acceptors (Lipinski definition) is 5. The zero-order valence-electron chi connectivity index (χ0n) is 15.7. The molecule has 2 N–H and O–H groups in total. The summed E-state index contributed by atoms with van der Waals surface area (Å²) in [5, 5.41) is 0.965. The van der Waals surface area contributed by atoms with Crippen LogP contribution in [0, 0.1) is 0 Å². The number of carbonyl (C=O) groups excluding carboxylic acids is 1. The molecular formula is C21H19N3O4. The lowest BCUT2D eigenvalue weighted by Crippen LogP contribution is -2.07. The smallest absolute Gasteiger partial charge is 0.211 e. The van der Waals surface area contributed by atoms with Gasteiger partial charge in [-0.15, -0.1) is 0 Å². The van der Waals surface area contributed by atoms with Crippen LogP contribution in [-0.2, 0) is 0 Å². The van der Waals surface area contributed by atoms with Gasteiger partial charge in [-0.25, -0.2) is 4.98 Å². The van der Waals surface area contributed by atoms with Gasteiger partial charge < -0.3 is 24.2 Å². The van der Waals surface area contributed by atoms with Crippen LogP contribution in [0.5, 0.6) is 17.2 Å². The van der Waals surface area contributed by atoms with Gasteiger partial charge in [0.05, 0.1) is 33.9 Å². The third-order valence-corrected chi connectivity index (χ3v) is 4.68. The number of nitrogens with zero attached hydrogens (tertiary/aromatic N) is 1. The molecule has 0 saturated carbocycles. The van der Waals surface area contributed by atoms with Crippen LogP contribution in [0.4, 0.5) is 0 Å². The highest BCUT2D eigenvalue weighted by Gasteiger charge is 2.27. The van der Waals surface area contributed by atoms with E-state index in [1.54, 1.807) is 13.2 Å². The van der Waals surface area contributed by atoms with Gasteiger partial charge in [-0.2, -0.15) is 0 Å². The predicted octanol–water partition coefficient (Wildman–Crippen LogP) is 3.81. The fourth-order valence-electron chi connectivity index (χ4n) is 3.41. The number of aromatic amines is 2. The summed E-state index contributed by atoms with van der Waals surface area (Å²) in [6.07, 6.45) is 4.82. The first-order valence-corrected chi connectivity index (χ1v) is 8.62. The molecule has 142 valence electrons. The van der Waals surface area contributed by atoms with Crippen LogP contribution in [0.15, 0.2) is 49.1 Å². The first-order valence-electron chi connectivity index (χ1n) is 8.62. The fraction of sp³-hybridized carbons (Fsp3) is 0.143. The molecule has 0 aliphatic heterocycles. The van der Waals surface area contributed by atoms with Crippen molar-refractivity contribution in [2.75, 3.05) is 21.3 Å². The minimum Gasteiger partial charge on any atom is -0.493 e. The molecule has 0 aliphatic carbocycles. The number of ketones is 1. The normalized spacial score (nSPS) is 10.8. The monoisotopic (exact) mass is 377 g/mol. The Kier molecular flexibility index (Phi) is 4.49. The second-order valence-corrected chi connectivity index (χ2v) is 6.11. The number of ether oxygens (including phenoxy) is 3. The molecule has 2 aromatic carbocycles. The molecule has 2 aromatic heterocycles. The number of methoxy groups -OCH3 is 3. The van der Waals surface area contributed by atoms with Crippen LogP contribution < -0.4 is 14.2 Å². The Balaban J connectivity index is 2.08. The first kappa shape index (κ1) is 17.7. The Morgan fingerprint density at radius 3 is 2.46 bits per heavy atom. The molecule has 0 fully saturated rings. The summed E-state index contributed by atoms with van der Waals surface area (Å²) >= 11 is 0. The minimum atomic E-state index is -0.225. The van der Waals surface area contributed by atoms with Crippen molar-refractivity contribution in [2.45, 2.75) is 0 Å². The van der Waals surface area contributed by atoms with Gasteiger partial charge in [-0.05, 0) is 12.1 Å². The summed E-state index contributed by atoms with van der Waals surface area (Å²) in [5.74, 6) is 1.03. The predicted molar refractivity (Wildman–Crippen MR) is 105 cm³/mol. The maximum Gasteiger partial charge on any atom is 0.211 e. The van der Waals surface area contributed by atoms with Crippen molar-refractivity contribution in [2.24, 2.45) is 0 Å². The third kappa shape index (κ3) is 2.68. The summed E-state index contributed by atoms with van der Waals surface area (Å²) in [4.78, 5) is 23.3. The van der Waals surface area contributed by atoms with Crippen molar-refractivity contribution in [3.05, 3.63) is 60.3 Å². The van der Waals surface area contributed by atoms with E-state index in [1.165, 1.54) is 26.7 Å². The van der Waals surface area contributed by atoms with Gasteiger partial charge in [0.15, 0.2) is 11.5 Å². The van der Waals surface area contributed by atoms with Crippen LogP contribution >= 0.6 is 0 Å². The summed E-state index contributed by atoms with van der Waals surface area (Å²) < 4.78 is 16.7. The van der Waals surface area contributed by atoms with Crippen molar-refractivity contribution in [3.63, 3.8) is 0 Å². The van der Waals surface area contributed by atoms with Gasteiger partial charge in [0.1, 0.15) is 5.69 Å². The van der Waals surface area contributed by atoms with Crippen molar-refractivity contribution in [1.29, 1.82) is 0 Å². The molecule has 0 radical (unpaired) electrons. The number of hydrogen-bond donors (Lipinski definition) is 2. The Hall–Kier alpha value is -3.74. The number of aromatic nitrogens is 3. The van der Waals surface area contributed by atoms with Crippen molar-refractivity contribution in [1.82, 2.24) is 15.0 Å². The minimum absolute atomic E-state index is 0.225. The number of fused-ring (bicyclic) bond motifs is 1. The van der Waals surface area contributed by atoms with Crippen LogP contribution in [0.1, 0.15) is 16.1 Å². The number of rotatable bonds is 6. The molecule has 0 unspecified atom stereocenters. The molecule has 4 aromatic rings. The summed E-state index contributed by atoms with van der Waals surface area (Å²) in [6.45, 7) is 0. The van der Waals surface area contributed by atoms with Gasteiger partial charge in [-0.1, -0.05) is 18.2 Å². The molecule has 4 rings (SSSR count). The number of para-hydroxylation sites is 1. The summed E-state index contributed by atoms with van der Waals surface area (Å²) in [6, 6.07) is 9.53. The van der Waals surface area contributed by atoms with Gasteiger partial charge in [0.2, 0.25) is 11.5 Å². The number of imidazole rings is 1. The SMILES string of the molecule is COc1cc(C(=O)c2cnc[nH]2)c(-c2c[nH]c3ccccc23)c(OC)c1OC. The molecule has 0 spiro atoms. The Morgan fingerprint density at radius 2 is 1.79 bits per heavy atom. The number of carbonyl (C=O) groups is 1. The number of H-pyrrole nitrogens is 2. The Morgan fingerprint density at radius 1 is 1.00 bits per heavy atom. The van der Waals surface area contributed by atoms with Gasteiger partial charge in [-0.3, -0.25) is 4.79 Å². The highest BCUT2D eigenvalue weighted by Crippen LogP contribution is 2.48. The highest BCUT2D eigenvalue weighted by molar-refractivity contribution is 6.15. The summed E-state index contributed by atoms with van der Waals surface area (Å²) in [7, 11) is 4.60. The number of benzene rings is 2. The summed E-state index contributed by atoms with van der Waals surface area (Å²) in [5.41, 5.74) is 3.20. The molecule has 2 heterocycles. The molecule has 0 amide bonds. The van der Waals surface area contributed by atoms with Gasteiger partial charge in [0, 0.05) is 33.8 Å². The molecular weight excluding hydrogens is 358 g/mol. The largest absolute Gasteiger partial charge is 0.493 e. The highest BCUT2D eigenvalue weighted by atomic mass is 16.5.